The number of hydrogen-bond acceptors (Lipinski definition) is 5. The van der Waals surface area contributed by atoms with Gasteiger partial charge in [-0.2, -0.15) is 0 Å². The van der Waals surface area contributed by atoms with Gasteiger partial charge < -0.3 is 24.1 Å². The van der Waals surface area contributed by atoms with Crippen LogP contribution in [0.2, 0.25) is 0 Å². The van der Waals surface area contributed by atoms with Crippen LogP contribution in [0.25, 0.3) is 0 Å². The van der Waals surface area contributed by atoms with Crippen LogP contribution in [0.5, 0.6) is 0 Å². The van der Waals surface area contributed by atoms with Crippen LogP contribution in [-0.2, 0) is 18.9 Å². The zero-order valence-corrected chi connectivity index (χ0v) is 27.5. The summed E-state index contributed by atoms with van der Waals surface area (Å²) in [7, 11) is 0. The van der Waals surface area contributed by atoms with Gasteiger partial charge in [0.2, 0.25) is 0 Å². The predicted octanol–water partition coefficient (Wildman–Crippen LogP) is 8.40. The van der Waals surface area contributed by atoms with E-state index in [1.54, 1.807) is 5.57 Å². The van der Waals surface area contributed by atoms with Crippen molar-refractivity contribution < 1.29 is 24.1 Å². The van der Waals surface area contributed by atoms with E-state index >= 15 is 0 Å². The van der Waals surface area contributed by atoms with Gasteiger partial charge in [-0.1, -0.05) is 81.8 Å². The van der Waals surface area contributed by atoms with Crippen LogP contribution in [0.4, 0.5) is 0 Å². The first kappa shape index (κ1) is 31.4. The molecule has 2 aliphatic heterocycles. The van der Waals surface area contributed by atoms with Crippen molar-refractivity contribution in [1.29, 1.82) is 0 Å². The van der Waals surface area contributed by atoms with E-state index in [0.29, 0.717) is 25.0 Å². The van der Waals surface area contributed by atoms with Gasteiger partial charge in [-0.25, -0.2) is 0 Å². The van der Waals surface area contributed by atoms with Crippen LogP contribution >= 0.6 is 0 Å². The lowest BCUT2D eigenvalue weighted by molar-refractivity contribution is -0.196. The Hall–Kier alpha value is -1.16. The number of allylic oxidation sites excluding steroid dienone is 3. The van der Waals surface area contributed by atoms with Gasteiger partial charge in [-0.05, 0) is 87.2 Å². The first-order chi connectivity index (χ1) is 21.5. The van der Waals surface area contributed by atoms with Crippen molar-refractivity contribution in [1.82, 2.24) is 0 Å². The molecule has 1 N–H and O–H groups in total. The maximum atomic E-state index is 11.0. The Balaban J connectivity index is 1.20. The minimum absolute atomic E-state index is 0.0282. The van der Waals surface area contributed by atoms with Crippen molar-refractivity contribution >= 4 is 0 Å². The number of rotatable bonds is 2. The largest absolute Gasteiger partial charge is 0.393 e. The number of aliphatic hydroxyl groups is 1. The minimum atomic E-state index is -0.503. The molecule has 2 heterocycles. The molecule has 0 aromatic heterocycles. The first-order valence-corrected chi connectivity index (χ1v) is 18.7. The van der Waals surface area contributed by atoms with E-state index in [2.05, 4.69) is 24.8 Å². The third-order valence-corrected chi connectivity index (χ3v) is 12.7. The van der Waals surface area contributed by atoms with Gasteiger partial charge in [0.15, 0.2) is 12.1 Å². The number of ether oxygens (including phenoxy) is 4. The molecule has 8 atom stereocenters. The fourth-order valence-electron chi connectivity index (χ4n) is 10.2. The molecule has 5 aliphatic carbocycles. The lowest BCUT2D eigenvalue weighted by Gasteiger charge is -2.49. The molecule has 5 heteroatoms. The molecule has 2 saturated heterocycles. The average Bonchev–Trinajstić information content (AvgIpc) is 3.61. The van der Waals surface area contributed by atoms with Crippen molar-refractivity contribution in [2.75, 3.05) is 19.8 Å². The molecule has 4 unspecified atom stereocenters. The Morgan fingerprint density at radius 3 is 2.34 bits per heavy atom. The van der Waals surface area contributed by atoms with Crippen LogP contribution < -0.4 is 0 Å². The molecule has 4 fully saturated rings. The minimum Gasteiger partial charge on any atom is -0.393 e. The monoisotopic (exact) mass is 606 g/mol. The summed E-state index contributed by atoms with van der Waals surface area (Å²) in [5.41, 5.74) is 4.66. The summed E-state index contributed by atoms with van der Waals surface area (Å²) < 4.78 is 25.7. The maximum absolute atomic E-state index is 11.0. The first-order valence-electron chi connectivity index (χ1n) is 18.7. The molecule has 2 saturated carbocycles. The van der Waals surface area contributed by atoms with Crippen LogP contribution in [0.15, 0.2) is 22.8 Å². The molecule has 1 spiro atoms. The molecular formula is C39H58O5. The average molecular weight is 607 g/mol. The van der Waals surface area contributed by atoms with Crippen LogP contribution in [0.1, 0.15) is 135 Å². The quantitative estimate of drug-likeness (QED) is 0.320. The van der Waals surface area contributed by atoms with Crippen LogP contribution in [-0.4, -0.2) is 49.2 Å². The molecule has 0 bridgehead atoms. The number of aliphatic hydroxyl groups excluding tert-OH is 1. The second-order valence-corrected chi connectivity index (χ2v) is 15.5. The standard InChI is InChI=1S/C39H58O5/c1-38-22-21-32-31(33(38)19-20-35(38)40)18-17-30-27-39(42-24-25-43-39)26-29(37(30)32)16-15-28-12-8-6-4-2-3-5-7-9-13-34(28)44-36-14-10-11-23-41-36/h21,28-29,31,33-36,40H,2-14,17-20,22-27H2,1H3/t28?,29?,31-,33+,34?,35-,36?,38+/m1/s1. The van der Waals surface area contributed by atoms with E-state index < -0.39 is 5.79 Å². The van der Waals surface area contributed by atoms with Gasteiger partial charge in [0.25, 0.3) is 0 Å². The molecule has 244 valence electrons. The van der Waals surface area contributed by atoms with Gasteiger partial charge in [0.05, 0.1) is 31.3 Å². The molecule has 5 nitrogen and oxygen atoms in total. The highest BCUT2D eigenvalue weighted by atomic mass is 16.7. The molecule has 7 rings (SSSR count). The normalized spacial score (nSPS) is 41.3. The molecule has 0 aromatic carbocycles. The highest BCUT2D eigenvalue weighted by Gasteiger charge is 2.54. The van der Waals surface area contributed by atoms with Gasteiger partial charge in [-0.3, -0.25) is 0 Å². The lowest BCUT2D eigenvalue weighted by atomic mass is 9.57. The number of fused-ring (bicyclic) bond motifs is 4. The van der Waals surface area contributed by atoms with E-state index in [4.69, 9.17) is 18.9 Å². The van der Waals surface area contributed by atoms with Gasteiger partial charge in [-0.15, -0.1) is 0 Å². The zero-order valence-electron chi connectivity index (χ0n) is 27.5. The van der Waals surface area contributed by atoms with Gasteiger partial charge >= 0.3 is 0 Å². The summed E-state index contributed by atoms with van der Waals surface area (Å²) in [6, 6.07) is 0. The summed E-state index contributed by atoms with van der Waals surface area (Å²) in [5.74, 6) is 8.88. The lowest BCUT2D eigenvalue weighted by Crippen LogP contribution is -2.44. The van der Waals surface area contributed by atoms with E-state index in [1.165, 1.54) is 75.4 Å². The molecular weight excluding hydrogens is 548 g/mol. The third-order valence-electron chi connectivity index (χ3n) is 12.7. The maximum Gasteiger partial charge on any atom is 0.173 e. The zero-order chi connectivity index (χ0) is 30.0. The van der Waals surface area contributed by atoms with E-state index in [-0.39, 0.29) is 35.7 Å². The fraction of sp³-hybridized carbons (Fsp3) is 0.846. The summed E-state index contributed by atoms with van der Waals surface area (Å²) in [6.45, 7) is 4.54. The van der Waals surface area contributed by atoms with Gasteiger partial charge in [0, 0.05) is 30.8 Å². The summed E-state index contributed by atoms with van der Waals surface area (Å²) in [4.78, 5) is 0. The van der Waals surface area contributed by atoms with E-state index in [1.807, 2.05) is 0 Å². The van der Waals surface area contributed by atoms with E-state index in [0.717, 1.165) is 70.8 Å². The topological polar surface area (TPSA) is 57.2 Å². The Morgan fingerprint density at radius 2 is 1.57 bits per heavy atom. The third kappa shape index (κ3) is 6.50. The smallest absolute Gasteiger partial charge is 0.173 e. The van der Waals surface area contributed by atoms with Crippen LogP contribution in [0.3, 0.4) is 0 Å². The van der Waals surface area contributed by atoms with E-state index in [9.17, 15) is 5.11 Å². The molecule has 0 aromatic rings. The molecule has 7 aliphatic rings. The summed E-state index contributed by atoms with van der Waals surface area (Å²) in [6.07, 6.45) is 25.6. The Kier molecular flexibility index (Phi) is 9.94. The van der Waals surface area contributed by atoms with Gasteiger partial charge in [0.1, 0.15) is 0 Å². The van der Waals surface area contributed by atoms with Crippen molar-refractivity contribution in [3.05, 3.63) is 22.8 Å². The second-order valence-electron chi connectivity index (χ2n) is 15.5. The number of hydrogen-bond donors (Lipinski definition) is 1. The highest BCUT2D eigenvalue weighted by Crippen LogP contribution is 2.60. The summed E-state index contributed by atoms with van der Waals surface area (Å²) in [5, 5.41) is 11.0. The van der Waals surface area contributed by atoms with Crippen molar-refractivity contribution in [3.63, 3.8) is 0 Å². The Bertz CT molecular complexity index is 1120. The van der Waals surface area contributed by atoms with Crippen molar-refractivity contribution in [2.45, 2.75) is 160 Å². The Labute approximate surface area is 266 Å². The Morgan fingerprint density at radius 1 is 0.818 bits per heavy atom. The second kappa shape index (κ2) is 13.9. The SMILES string of the molecule is C[C@]12CC=C3C4=C(CC[C@H]3[C@@H]1CC[C@H]2O)CC1(CC4C#CC2CCCCCCCCCCC2OC2CCCCO2)OCCO1. The molecule has 44 heavy (non-hydrogen) atoms. The highest BCUT2D eigenvalue weighted by molar-refractivity contribution is 5.49. The molecule has 0 radical (unpaired) electrons. The predicted molar refractivity (Wildman–Crippen MR) is 173 cm³/mol. The summed E-state index contributed by atoms with van der Waals surface area (Å²) >= 11 is 0. The van der Waals surface area contributed by atoms with Crippen molar-refractivity contribution in [2.24, 2.45) is 29.1 Å². The molecule has 0 amide bonds. The fourth-order valence-corrected chi connectivity index (χ4v) is 10.2. The van der Waals surface area contributed by atoms with Crippen molar-refractivity contribution in [3.8, 4) is 11.8 Å². The van der Waals surface area contributed by atoms with Crippen LogP contribution in [0, 0.1) is 40.9 Å².